The molecule has 2 aromatic heterocycles. The highest BCUT2D eigenvalue weighted by atomic mass is 35.5. The third-order valence-corrected chi connectivity index (χ3v) is 7.10. The molecule has 2 aromatic rings. The predicted octanol–water partition coefficient (Wildman–Crippen LogP) is 4.05. The monoisotopic (exact) mass is 443 g/mol. The van der Waals surface area contributed by atoms with E-state index in [2.05, 4.69) is 30.3 Å². The number of carbonyl (C=O) groups excluding carboxylic acids is 1. The highest BCUT2D eigenvalue weighted by Gasteiger charge is 2.43. The van der Waals surface area contributed by atoms with Crippen LogP contribution in [0.25, 0.3) is 0 Å². The molecule has 1 amide bonds. The van der Waals surface area contributed by atoms with Crippen molar-refractivity contribution < 1.29 is 4.79 Å². The van der Waals surface area contributed by atoms with Gasteiger partial charge in [0, 0.05) is 49.4 Å². The van der Waals surface area contributed by atoms with Crippen LogP contribution >= 0.6 is 11.6 Å². The number of nitrogens with one attached hydrogen (secondary N) is 2. The van der Waals surface area contributed by atoms with Crippen LogP contribution in [-0.4, -0.2) is 56.1 Å². The van der Waals surface area contributed by atoms with E-state index in [9.17, 15) is 4.79 Å². The van der Waals surface area contributed by atoms with Crippen molar-refractivity contribution in [1.29, 1.82) is 0 Å². The molecule has 1 aliphatic carbocycles. The van der Waals surface area contributed by atoms with Gasteiger partial charge in [-0.1, -0.05) is 11.6 Å². The highest BCUT2D eigenvalue weighted by Crippen LogP contribution is 2.39. The third kappa shape index (κ3) is 4.49. The molecule has 0 aromatic carbocycles. The predicted molar refractivity (Wildman–Crippen MR) is 121 cm³/mol. The van der Waals surface area contributed by atoms with Crippen molar-refractivity contribution in [1.82, 2.24) is 25.1 Å². The number of H-pyrrole nitrogens is 1. The molecule has 0 spiro atoms. The molecule has 3 aliphatic rings. The van der Waals surface area contributed by atoms with Crippen LogP contribution in [0.3, 0.4) is 0 Å². The fourth-order valence-corrected chi connectivity index (χ4v) is 5.33. The molecular weight excluding hydrogens is 414 g/mol. The summed E-state index contributed by atoms with van der Waals surface area (Å²) in [6.07, 6.45) is 8.51. The van der Waals surface area contributed by atoms with Gasteiger partial charge in [-0.15, -0.1) is 0 Å². The lowest BCUT2D eigenvalue weighted by Crippen LogP contribution is -2.58. The summed E-state index contributed by atoms with van der Waals surface area (Å²) in [6, 6.07) is 4.57. The molecule has 8 nitrogen and oxygen atoms in total. The van der Waals surface area contributed by atoms with Gasteiger partial charge in [-0.2, -0.15) is 10.1 Å². The number of piperidine rings is 2. The van der Waals surface area contributed by atoms with Crippen molar-refractivity contribution in [2.45, 2.75) is 76.4 Å². The van der Waals surface area contributed by atoms with Crippen molar-refractivity contribution in [3.63, 3.8) is 0 Å². The minimum Gasteiger partial charge on any atom is -0.341 e. The zero-order chi connectivity index (χ0) is 21.5. The third-order valence-electron chi connectivity index (χ3n) is 6.91. The summed E-state index contributed by atoms with van der Waals surface area (Å²) in [5.41, 5.74) is 0.967. The Bertz CT molecular complexity index is 945. The number of hydrogen-bond acceptors (Lipinski definition) is 6. The molecule has 5 rings (SSSR count). The van der Waals surface area contributed by atoms with E-state index in [1.807, 2.05) is 20.0 Å². The van der Waals surface area contributed by atoms with Gasteiger partial charge in [-0.3, -0.25) is 9.89 Å². The van der Waals surface area contributed by atoms with E-state index >= 15 is 0 Å². The molecule has 2 aliphatic heterocycles. The van der Waals surface area contributed by atoms with Crippen LogP contribution < -0.4 is 10.2 Å². The number of rotatable bonds is 6. The number of anilines is 3. The van der Waals surface area contributed by atoms with Gasteiger partial charge in [0.15, 0.2) is 5.82 Å². The van der Waals surface area contributed by atoms with E-state index in [1.165, 1.54) is 19.3 Å². The summed E-state index contributed by atoms with van der Waals surface area (Å²) in [6.45, 7) is 1.95. The first-order valence-electron chi connectivity index (χ1n) is 11.3. The molecule has 1 saturated carbocycles. The van der Waals surface area contributed by atoms with Gasteiger partial charge >= 0.3 is 0 Å². The van der Waals surface area contributed by atoms with Crippen molar-refractivity contribution in [3.8, 4) is 0 Å². The number of aromatic nitrogens is 4. The van der Waals surface area contributed by atoms with Crippen LogP contribution in [0.15, 0.2) is 12.1 Å². The van der Waals surface area contributed by atoms with Crippen LogP contribution in [0, 0.1) is 12.8 Å². The van der Waals surface area contributed by atoms with Crippen molar-refractivity contribution in [2.24, 2.45) is 5.92 Å². The van der Waals surface area contributed by atoms with E-state index in [0.29, 0.717) is 52.7 Å². The summed E-state index contributed by atoms with van der Waals surface area (Å²) in [5, 5.41) is 10.7. The normalized spacial score (nSPS) is 25.4. The SMILES string of the molecule is Cc1cc(Nc2cc(Cl)nc(N(C)[C@H]3C[C@H]4CCC[C@@H](C3)N4C(=O)CC3CC3)n2)n[nH]1. The minimum atomic E-state index is 0.291. The Labute approximate surface area is 187 Å². The van der Waals surface area contributed by atoms with E-state index in [-0.39, 0.29) is 0 Å². The van der Waals surface area contributed by atoms with Crippen LogP contribution in [0.1, 0.15) is 57.1 Å². The van der Waals surface area contributed by atoms with Gasteiger partial charge in [0.1, 0.15) is 11.0 Å². The number of aromatic amines is 1. The van der Waals surface area contributed by atoms with Crippen molar-refractivity contribution in [3.05, 3.63) is 23.0 Å². The van der Waals surface area contributed by atoms with E-state index < -0.39 is 0 Å². The average Bonchev–Trinajstić information content (AvgIpc) is 3.45. The first kappa shape index (κ1) is 20.5. The standard InChI is InChI=1S/C22H30ClN7O/c1-13-8-20(28-27-13)25-19-12-18(23)24-22(26-19)29(2)17-10-15-4-3-5-16(11-17)30(15)21(31)9-14-6-7-14/h8,12,14-17H,3-7,9-11H2,1-2H3,(H2,24,25,26,27,28)/t15-,16+,17+. The Hall–Kier alpha value is -2.35. The molecule has 0 unspecified atom stereocenters. The molecule has 31 heavy (non-hydrogen) atoms. The van der Waals surface area contributed by atoms with E-state index in [1.54, 1.807) is 6.07 Å². The second-order valence-electron chi connectivity index (χ2n) is 9.36. The summed E-state index contributed by atoms with van der Waals surface area (Å²) >= 11 is 6.32. The Morgan fingerprint density at radius 1 is 1.19 bits per heavy atom. The molecule has 0 radical (unpaired) electrons. The topological polar surface area (TPSA) is 90.0 Å². The van der Waals surface area contributed by atoms with Gasteiger partial charge < -0.3 is 15.1 Å². The largest absolute Gasteiger partial charge is 0.341 e. The second kappa shape index (κ2) is 8.30. The van der Waals surface area contributed by atoms with Crippen molar-refractivity contribution >= 4 is 35.1 Å². The summed E-state index contributed by atoms with van der Waals surface area (Å²) in [4.78, 5) is 26.5. The Kier molecular flexibility index (Phi) is 5.50. The molecule has 166 valence electrons. The van der Waals surface area contributed by atoms with Crippen LogP contribution in [0.2, 0.25) is 5.15 Å². The minimum absolute atomic E-state index is 0.291. The summed E-state index contributed by atoms with van der Waals surface area (Å²) in [7, 11) is 2.04. The Morgan fingerprint density at radius 3 is 2.58 bits per heavy atom. The number of aryl methyl sites for hydroxylation is 1. The Morgan fingerprint density at radius 2 is 1.94 bits per heavy atom. The van der Waals surface area contributed by atoms with Crippen LogP contribution in [0.4, 0.5) is 17.6 Å². The first-order chi connectivity index (χ1) is 15.0. The van der Waals surface area contributed by atoms with Gasteiger partial charge in [-0.25, -0.2) is 4.98 Å². The average molecular weight is 444 g/mol. The quantitative estimate of drug-likeness (QED) is 0.654. The second-order valence-corrected chi connectivity index (χ2v) is 9.75. The molecular formula is C22H30ClN7O. The summed E-state index contributed by atoms with van der Waals surface area (Å²) < 4.78 is 0. The van der Waals surface area contributed by atoms with E-state index in [0.717, 1.165) is 37.8 Å². The van der Waals surface area contributed by atoms with Crippen LogP contribution in [0.5, 0.6) is 0 Å². The van der Waals surface area contributed by atoms with Crippen molar-refractivity contribution in [2.75, 3.05) is 17.3 Å². The highest BCUT2D eigenvalue weighted by molar-refractivity contribution is 6.29. The smallest absolute Gasteiger partial charge is 0.228 e. The molecule has 2 bridgehead atoms. The number of halogens is 1. The summed E-state index contributed by atoms with van der Waals surface area (Å²) in [5.74, 6) is 2.92. The molecule has 2 saturated heterocycles. The molecule has 2 N–H and O–H groups in total. The van der Waals surface area contributed by atoms with Gasteiger partial charge in [-0.05, 0) is 57.8 Å². The number of nitrogens with zero attached hydrogens (tertiary/aromatic N) is 5. The number of fused-ring (bicyclic) bond motifs is 2. The van der Waals surface area contributed by atoms with Gasteiger partial charge in [0.05, 0.1) is 0 Å². The van der Waals surface area contributed by atoms with Gasteiger partial charge in [0.25, 0.3) is 0 Å². The van der Waals surface area contributed by atoms with Gasteiger partial charge in [0.2, 0.25) is 11.9 Å². The van der Waals surface area contributed by atoms with Crippen LogP contribution in [-0.2, 0) is 4.79 Å². The molecule has 3 atom stereocenters. The fraction of sp³-hybridized carbons (Fsp3) is 0.636. The lowest BCUT2D eigenvalue weighted by Gasteiger charge is -2.50. The molecule has 4 heterocycles. The maximum absolute atomic E-state index is 12.9. The zero-order valence-electron chi connectivity index (χ0n) is 18.1. The first-order valence-corrected chi connectivity index (χ1v) is 11.7. The molecule has 3 fully saturated rings. The number of amides is 1. The lowest BCUT2D eigenvalue weighted by molar-refractivity contribution is -0.141. The fourth-order valence-electron chi connectivity index (χ4n) is 5.15. The maximum Gasteiger partial charge on any atom is 0.228 e. The number of hydrogen-bond donors (Lipinski definition) is 2. The maximum atomic E-state index is 12.9. The number of carbonyl (C=O) groups is 1. The zero-order valence-corrected chi connectivity index (χ0v) is 18.9. The lowest BCUT2D eigenvalue weighted by atomic mass is 9.81. The van der Waals surface area contributed by atoms with E-state index in [4.69, 9.17) is 16.6 Å². The Balaban J connectivity index is 1.31. The molecule has 9 heteroatoms.